The van der Waals surface area contributed by atoms with Gasteiger partial charge in [0.1, 0.15) is 5.69 Å². The minimum atomic E-state index is -0.0725. The number of rotatable bonds is 4. The number of pyridine rings is 1. The molecule has 0 aliphatic heterocycles. The highest BCUT2D eigenvalue weighted by molar-refractivity contribution is 9.10. The highest BCUT2D eigenvalue weighted by atomic mass is 79.9. The molecule has 2 rings (SSSR count). The molecule has 1 aromatic rings. The zero-order valence-electron chi connectivity index (χ0n) is 11.4. The van der Waals surface area contributed by atoms with Crippen LogP contribution in [0.3, 0.4) is 0 Å². The Bertz CT molecular complexity index is 411. The normalized spacial score (nSPS) is 23.1. The van der Waals surface area contributed by atoms with Crippen LogP contribution >= 0.6 is 15.9 Å². The summed E-state index contributed by atoms with van der Waals surface area (Å²) in [6, 6.07) is 3.58. The van der Waals surface area contributed by atoms with Gasteiger partial charge in [0.25, 0.3) is 5.91 Å². The highest BCUT2D eigenvalue weighted by Crippen LogP contribution is 2.29. The lowest BCUT2D eigenvalue weighted by atomic mass is 9.81. The predicted octanol–water partition coefficient (Wildman–Crippen LogP) is 3.79. The van der Waals surface area contributed by atoms with Crippen LogP contribution in [0.1, 0.15) is 49.5 Å². The van der Waals surface area contributed by atoms with Crippen LogP contribution in [0.4, 0.5) is 0 Å². The third kappa shape index (κ3) is 4.60. The summed E-state index contributed by atoms with van der Waals surface area (Å²) in [5.74, 6) is 1.60. The number of nitrogens with zero attached hydrogens (tertiary/aromatic N) is 1. The molecule has 1 fully saturated rings. The summed E-state index contributed by atoms with van der Waals surface area (Å²) in [6.45, 7) is 3.09. The van der Waals surface area contributed by atoms with E-state index in [4.69, 9.17) is 0 Å². The zero-order chi connectivity index (χ0) is 13.7. The molecule has 19 heavy (non-hydrogen) atoms. The molecule has 0 spiro atoms. The highest BCUT2D eigenvalue weighted by Gasteiger charge is 2.18. The van der Waals surface area contributed by atoms with Crippen molar-refractivity contribution in [3.8, 4) is 0 Å². The molecule has 104 valence electrons. The van der Waals surface area contributed by atoms with Gasteiger partial charge < -0.3 is 5.32 Å². The third-order valence-electron chi connectivity index (χ3n) is 3.93. The molecule has 0 aromatic carbocycles. The van der Waals surface area contributed by atoms with E-state index in [0.29, 0.717) is 5.69 Å². The first-order valence-electron chi connectivity index (χ1n) is 7.05. The Morgan fingerprint density at radius 2 is 2.11 bits per heavy atom. The predicted molar refractivity (Wildman–Crippen MR) is 80.0 cm³/mol. The van der Waals surface area contributed by atoms with E-state index in [1.54, 1.807) is 12.3 Å². The second-order valence-corrected chi connectivity index (χ2v) is 6.45. The summed E-state index contributed by atoms with van der Waals surface area (Å²) in [4.78, 5) is 16.0. The molecule has 0 unspecified atom stereocenters. The minimum Gasteiger partial charge on any atom is -0.351 e. The van der Waals surface area contributed by atoms with E-state index >= 15 is 0 Å². The summed E-state index contributed by atoms with van der Waals surface area (Å²) >= 11 is 3.31. The summed E-state index contributed by atoms with van der Waals surface area (Å²) < 4.78 is 0.889. The van der Waals surface area contributed by atoms with Gasteiger partial charge in [-0.15, -0.1) is 0 Å². The number of carbonyl (C=O) groups is 1. The van der Waals surface area contributed by atoms with Gasteiger partial charge in [0.2, 0.25) is 0 Å². The first-order chi connectivity index (χ1) is 9.15. The third-order valence-corrected chi connectivity index (χ3v) is 4.40. The van der Waals surface area contributed by atoms with Crippen molar-refractivity contribution < 1.29 is 4.79 Å². The molecule has 1 saturated carbocycles. The van der Waals surface area contributed by atoms with Crippen LogP contribution in [0.25, 0.3) is 0 Å². The molecule has 1 heterocycles. The monoisotopic (exact) mass is 324 g/mol. The van der Waals surface area contributed by atoms with E-state index in [1.165, 1.54) is 25.7 Å². The molecular formula is C15H21BrN2O. The van der Waals surface area contributed by atoms with Crippen LogP contribution in [-0.2, 0) is 0 Å². The number of halogens is 1. The Morgan fingerprint density at radius 3 is 2.74 bits per heavy atom. The molecule has 1 aliphatic carbocycles. The average Bonchev–Trinajstić information content (AvgIpc) is 2.41. The first kappa shape index (κ1) is 14.5. The molecule has 1 aromatic heterocycles. The van der Waals surface area contributed by atoms with Crippen LogP contribution in [0.15, 0.2) is 22.8 Å². The summed E-state index contributed by atoms with van der Waals surface area (Å²) in [7, 11) is 0. The molecule has 0 bridgehead atoms. The van der Waals surface area contributed by atoms with Gasteiger partial charge in [-0.3, -0.25) is 4.79 Å². The van der Waals surface area contributed by atoms with E-state index < -0.39 is 0 Å². The maximum Gasteiger partial charge on any atom is 0.269 e. The van der Waals surface area contributed by atoms with Crippen molar-refractivity contribution in [1.29, 1.82) is 0 Å². The Labute approximate surface area is 123 Å². The molecule has 1 aliphatic rings. The summed E-state index contributed by atoms with van der Waals surface area (Å²) in [5.41, 5.74) is 0.487. The second kappa shape index (κ2) is 7.04. The van der Waals surface area contributed by atoms with Gasteiger partial charge in [-0.25, -0.2) is 4.98 Å². The van der Waals surface area contributed by atoms with E-state index in [2.05, 4.69) is 33.2 Å². The second-order valence-electron chi connectivity index (χ2n) is 5.53. The molecule has 0 atom stereocenters. The van der Waals surface area contributed by atoms with Crippen LogP contribution in [-0.4, -0.2) is 17.4 Å². The van der Waals surface area contributed by atoms with E-state index in [9.17, 15) is 4.79 Å². The van der Waals surface area contributed by atoms with Gasteiger partial charge in [0.15, 0.2) is 0 Å². The van der Waals surface area contributed by atoms with Crippen molar-refractivity contribution in [2.45, 2.75) is 39.0 Å². The van der Waals surface area contributed by atoms with Crippen molar-refractivity contribution >= 4 is 21.8 Å². The lowest BCUT2D eigenvalue weighted by molar-refractivity contribution is 0.0944. The van der Waals surface area contributed by atoms with Crippen molar-refractivity contribution in [2.75, 3.05) is 6.54 Å². The summed E-state index contributed by atoms with van der Waals surface area (Å²) in [5, 5.41) is 2.96. The molecule has 3 nitrogen and oxygen atoms in total. The number of amides is 1. The molecular weight excluding hydrogens is 304 g/mol. The number of aromatic nitrogens is 1. The van der Waals surface area contributed by atoms with Crippen molar-refractivity contribution in [1.82, 2.24) is 10.3 Å². The number of hydrogen-bond donors (Lipinski definition) is 1. The van der Waals surface area contributed by atoms with E-state index in [1.807, 2.05) is 6.07 Å². The van der Waals surface area contributed by atoms with Crippen molar-refractivity contribution in [2.24, 2.45) is 11.8 Å². The van der Waals surface area contributed by atoms with Gasteiger partial charge in [-0.1, -0.05) is 32.6 Å². The van der Waals surface area contributed by atoms with Crippen molar-refractivity contribution in [3.63, 3.8) is 0 Å². The van der Waals surface area contributed by atoms with E-state index in [0.717, 1.165) is 29.3 Å². The standard InChI is InChI=1S/C15H21BrN2O/c1-11-2-4-12(5-3-11)8-9-17-15(19)14-7-6-13(16)10-18-14/h6-7,10-12H,2-5,8-9H2,1H3,(H,17,19). The van der Waals surface area contributed by atoms with Crippen LogP contribution in [0, 0.1) is 11.8 Å². The quantitative estimate of drug-likeness (QED) is 0.915. The largest absolute Gasteiger partial charge is 0.351 e. The van der Waals surface area contributed by atoms with Crippen molar-refractivity contribution in [3.05, 3.63) is 28.5 Å². The fourth-order valence-electron chi connectivity index (χ4n) is 2.61. The smallest absolute Gasteiger partial charge is 0.269 e. The number of nitrogens with one attached hydrogen (secondary N) is 1. The lowest BCUT2D eigenvalue weighted by Crippen LogP contribution is -2.27. The maximum atomic E-state index is 11.9. The van der Waals surface area contributed by atoms with Gasteiger partial charge in [-0.2, -0.15) is 0 Å². The number of carbonyl (C=O) groups excluding carboxylic acids is 1. The first-order valence-corrected chi connectivity index (χ1v) is 7.84. The minimum absolute atomic E-state index is 0.0725. The van der Waals surface area contributed by atoms with Gasteiger partial charge in [0.05, 0.1) is 0 Å². The molecule has 0 saturated heterocycles. The van der Waals surface area contributed by atoms with Crippen LogP contribution in [0.5, 0.6) is 0 Å². The fraction of sp³-hybridized carbons (Fsp3) is 0.600. The Kier molecular flexibility index (Phi) is 5.37. The number of hydrogen-bond acceptors (Lipinski definition) is 2. The van der Waals surface area contributed by atoms with Crippen LogP contribution < -0.4 is 5.32 Å². The maximum absolute atomic E-state index is 11.9. The lowest BCUT2D eigenvalue weighted by Gasteiger charge is -2.26. The van der Waals surface area contributed by atoms with Crippen LogP contribution in [0.2, 0.25) is 0 Å². The summed E-state index contributed by atoms with van der Waals surface area (Å²) in [6.07, 6.45) is 8.05. The van der Waals surface area contributed by atoms with Gasteiger partial charge in [-0.05, 0) is 46.3 Å². The SMILES string of the molecule is CC1CCC(CCNC(=O)c2ccc(Br)cn2)CC1. The Balaban J connectivity index is 1.70. The topological polar surface area (TPSA) is 42.0 Å². The van der Waals surface area contributed by atoms with Gasteiger partial charge in [0, 0.05) is 17.2 Å². The van der Waals surface area contributed by atoms with E-state index in [-0.39, 0.29) is 5.91 Å². The molecule has 0 radical (unpaired) electrons. The molecule has 4 heteroatoms. The zero-order valence-corrected chi connectivity index (χ0v) is 12.9. The molecule has 1 N–H and O–H groups in total. The average molecular weight is 325 g/mol. The fourth-order valence-corrected chi connectivity index (χ4v) is 2.84. The Hall–Kier alpha value is -0.900. The van der Waals surface area contributed by atoms with Gasteiger partial charge >= 0.3 is 0 Å². The Morgan fingerprint density at radius 1 is 1.37 bits per heavy atom. The molecule has 1 amide bonds.